The van der Waals surface area contributed by atoms with Crippen LogP contribution in [0, 0.1) is 6.92 Å². The zero-order valence-corrected chi connectivity index (χ0v) is 49.6. The maximum atomic E-state index is 12.9. The fraction of sp³-hybridized carbons (Fsp3) is 0.0182. The van der Waals surface area contributed by atoms with Crippen LogP contribution in [0.4, 0.5) is 28.4 Å². The average Bonchev–Trinajstić information content (AvgIpc) is 3.72. The van der Waals surface area contributed by atoms with E-state index >= 15 is 0 Å². The van der Waals surface area contributed by atoms with Crippen LogP contribution < -0.4 is 104 Å². The number of aryl methyl sites for hydroxylation is 1. The van der Waals surface area contributed by atoms with E-state index in [2.05, 4.69) is 30.5 Å². The van der Waals surface area contributed by atoms with Crippen LogP contribution in [0.25, 0.3) is 16.5 Å². The zero-order valence-electron chi connectivity index (χ0n) is 41.8. The number of carboxylic acid groups (broad SMARTS) is 2. The first-order chi connectivity index (χ1) is 35.6. The summed E-state index contributed by atoms with van der Waals surface area (Å²) in [5.74, 6) is -5.08. The number of H-pyrrole nitrogens is 1. The summed E-state index contributed by atoms with van der Waals surface area (Å²) >= 11 is 5.89. The van der Waals surface area contributed by atoms with Crippen molar-refractivity contribution in [3.8, 4) is 22.9 Å². The topological polar surface area (TPSA) is 294 Å². The number of aliphatic hydroxyl groups excluding tert-OH is 1. The van der Waals surface area contributed by atoms with Gasteiger partial charge in [0.05, 0.1) is 33.8 Å². The third-order valence-electron chi connectivity index (χ3n) is 11.2. The minimum Gasteiger partial charge on any atom is -0.871 e. The van der Waals surface area contributed by atoms with Crippen LogP contribution in [0.5, 0.6) is 17.2 Å². The molecule has 9 aromatic rings. The molecule has 0 aliphatic heterocycles. The Bertz CT molecular complexity index is 3860. The number of aromatic nitrogens is 2. The molecular formula is C55H38ClCoN7Na3O11+3. The Balaban J connectivity index is 0.000000324. The third kappa shape index (κ3) is 14.6. The molecule has 18 nitrogen and oxygen atoms in total. The summed E-state index contributed by atoms with van der Waals surface area (Å²) in [7, 11) is 0. The van der Waals surface area contributed by atoms with Gasteiger partial charge in [-0.25, -0.2) is 14.3 Å². The number of fused-ring (bicyclic) bond motifs is 1. The number of aromatic carboxylic acids is 2. The van der Waals surface area contributed by atoms with Crippen LogP contribution in [-0.2, 0) is 16.8 Å². The van der Waals surface area contributed by atoms with Crippen LogP contribution in [-0.4, -0.2) is 64.7 Å². The van der Waals surface area contributed by atoms with Crippen molar-refractivity contribution in [2.24, 2.45) is 20.5 Å². The maximum Gasteiger partial charge on any atom is 1.00 e. The fourth-order valence-electron chi connectivity index (χ4n) is 7.48. The first-order valence-corrected chi connectivity index (χ1v) is 22.4. The zero-order chi connectivity index (χ0) is 52.6. The SMILES string of the molecule is Cc1[nH]n(-c2ccc(Cl)cc2)c(=O)c1N=Nc1ccc(C(=O)c2ccccc2C(=O)O)cc1[O-].O=C(O)c1ccccc1C(=O)c1ccc(N=Nc2c(O)c([NH+]=C(O)c3ccccc3)cc3ccccc23)c(O)c1.[Co].[Na+].[Na+].[Na+]. The first-order valence-electron chi connectivity index (χ1n) is 22.0. The number of ketones is 2. The summed E-state index contributed by atoms with van der Waals surface area (Å²) in [5.41, 5.74) is 0.998. The number of carboxylic acids is 2. The van der Waals surface area contributed by atoms with E-state index in [1.807, 2.05) is 18.2 Å². The molecule has 0 aliphatic rings. The number of aliphatic hydroxyl groups is 1. The van der Waals surface area contributed by atoms with Crippen LogP contribution in [0.3, 0.4) is 0 Å². The number of nitrogens with zero attached hydrogens (tertiary/aromatic N) is 5. The molecule has 0 aliphatic carbocycles. The number of azo groups is 2. The van der Waals surface area contributed by atoms with Gasteiger partial charge < -0.3 is 30.6 Å². The number of benzene rings is 8. The molecule has 0 bridgehead atoms. The van der Waals surface area contributed by atoms with E-state index < -0.39 is 34.8 Å². The Morgan fingerprint density at radius 3 is 1.64 bits per heavy atom. The molecule has 0 spiro atoms. The summed E-state index contributed by atoms with van der Waals surface area (Å²) in [6, 6.07) is 43.4. The van der Waals surface area contributed by atoms with Crippen molar-refractivity contribution in [3.05, 3.63) is 230 Å². The van der Waals surface area contributed by atoms with Gasteiger partial charge in [0.15, 0.2) is 17.3 Å². The number of phenols is 2. The van der Waals surface area contributed by atoms with Gasteiger partial charge in [-0.1, -0.05) is 102 Å². The van der Waals surface area contributed by atoms with Gasteiger partial charge in [0.2, 0.25) is 5.75 Å². The average molecular weight is 1140 g/mol. The predicted molar refractivity (Wildman–Crippen MR) is 272 cm³/mol. The van der Waals surface area contributed by atoms with Crippen LogP contribution in [0.2, 0.25) is 5.02 Å². The predicted octanol–water partition coefficient (Wildman–Crippen LogP) is 0.868. The molecule has 0 fully saturated rings. The normalized spacial score (nSPS) is 10.8. The van der Waals surface area contributed by atoms with E-state index in [0.717, 1.165) is 6.07 Å². The van der Waals surface area contributed by atoms with E-state index in [-0.39, 0.29) is 185 Å². The summed E-state index contributed by atoms with van der Waals surface area (Å²) < 4.78 is 1.28. The number of hydrogen-bond donors (Lipinski definition) is 7. The number of aromatic hydroxyl groups is 2. The fourth-order valence-corrected chi connectivity index (χ4v) is 7.60. The Hall–Kier alpha value is -6.82. The van der Waals surface area contributed by atoms with Crippen molar-refractivity contribution in [2.75, 3.05) is 0 Å². The number of halogens is 1. The van der Waals surface area contributed by atoms with E-state index in [1.54, 1.807) is 79.7 Å². The third-order valence-corrected chi connectivity index (χ3v) is 11.5. The van der Waals surface area contributed by atoms with Crippen LogP contribution in [0.1, 0.15) is 63.8 Å². The van der Waals surface area contributed by atoms with Gasteiger partial charge in [0, 0.05) is 55.5 Å². The molecule has 0 atom stereocenters. The van der Waals surface area contributed by atoms with Gasteiger partial charge >= 0.3 is 107 Å². The van der Waals surface area contributed by atoms with E-state index in [0.29, 0.717) is 32.7 Å². The molecule has 7 N–H and O–H groups in total. The second-order valence-electron chi connectivity index (χ2n) is 16.0. The second kappa shape index (κ2) is 28.7. The van der Waals surface area contributed by atoms with Gasteiger partial charge in [-0.05, 0) is 91.2 Å². The number of hydrogen-bond acceptors (Lipinski definition) is 12. The number of carbonyl (C=O) groups is 4. The molecule has 9 rings (SSSR count). The second-order valence-corrected chi connectivity index (χ2v) is 16.5. The number of phenolic OH excluding ortho intramolecular Hbond substituents is 2. The molecule has 375 valence electrons. The quantitative estimate of drug-likeness (QED) is 0.0212. The van der Waals surface area contributed by atoms with Crippen molar-refractivity contribution in [3.63, 3.8) is 0 Å². The first kappa shape index (κ1) is 63.7. The molecule has 0 unspecified atom stereocenters. The number of carbonyl (C=O) groups excluding carboxylic acids is 2. The Kier molecular flexibility index (Phi) is 23.4. The molecule has 0 amide bonds. The van der Waals surface area contributed by atoms with Gasteiger partial charge in [0.25, 0.3) is 11.2 Å². The van der Waals surface area contributed by atoms with Crippen molar-refractivity contribution in [1.29, 1.82) is 0 Å². The summed E-state index contributed by atoms with van der Waals surface area (Å²) in [5, 5.41) is 84.2. The molecule has 0 saturated heterocycles. The minimum atomic E-state index is -1.25. The number of nitrogens with one attached hydrogen (secondary N) is 2. The molecular weight excluding hydrogens is 1100 g/mol. The van der Waals surface area contributed by atoms with E-state index in [1.165, 1.54) is 77.5 Å². The summed E-state index contributed by atoms with van der Waals surface area (Å²) in [6.45, 7) is 1.64. The molecule has 1 radical (unpaired) electrons. The largest absolute Gasteiger partial charge is 1.00 e. The Morgan fingerprint density at radius 1 is 0.577 bits per heavy atom. The smallest absolute Gasteiger partial charge is 0.871 e. The standard InChI is InChI=1S/C31H21N3O6.C24H17ClN4O5.Co.3Na/c35-26-17-20(28(36)22-12-6-7-13-23(22)31(39)40)14-15-24(26)33-34-27-21-11-5-4-10-19(21)16-25(29(27)37)32-30(38)18-8-2-1-3-9-18;1-13-21(23(32)29(28-13)16-9-7-15(25)8-10-16)27-26-19-11-6-14(12-20(19)30)22(31)17-4-2-3-5-18(17)24(33)34;;;;/h1-17,35,37H,(H,32,38)(H,39,40);2-12,28,30H,1H3,(H,33,34);;;;/q;;;3*+1. The van der Waals surface area contributed by atoms with Gasteiger partial charge in [-0.2, -0.15) is 10.1 Å². The van der Waals surface area contributed by atoms with E-state index in [4.69, 9.17) is 11.6 Å². The van der Waals surface area contributed by atoms with Crippen molar-refractivity contribution in [1.82, 2.24) is 9.78 Å². The Labute approximate surface area is 525 Å². The molecule has 1 aromatic heterocycles. The summed E-state index contributed by atoms with van der Waals surface area (Å²) in [6.07, 6.45) is 0. The van der Waals surface area contributed by atoms with E-state index in [9.17, 15) is 54.6 Å². The van der Waals surface area contributed by atoms with Gasteiger partial charge in [-0.15, -0.1) is 15.3 Å². The molecule has 0 saturated carbocycles. The van der Waals surface area contributed by atoms with Crippen molar-refractivity contribution >= 4 is 80.2 Å². The van der Waals surface area contributed by atoms with Crippen molar-refractivity contribution in [2.45, 2.75) is 6.92 Å². The molecule has 1 heterocycles. The van der Waals surface area contributed by atoms with Crippen LogP contribution in [0.15, 0.2) is 195 Å². The Morgan fingerprint density at radius 2 is 1.08 bits per heavy atom. The maximum absolute atomic E-state index is 12.9. The summed E-state index contributed by atoms with van der Waals surface area (Å²) in [4.78, 5) is 64.1. The monoisotopic (exact) mass is 1140 g/mol. The molecule has 8 aromatic carbocycles. The molecule has 78 heavy (non-hydrogen) atoms. The minimum absolute atomic E-state index is 0. The number of aromatic amines is 1. The van der Waals surface area contributed by atoms with Gasteiger partial charge in [-0.3, -0.25) is 19.5 Å². The van der Waals surface area contributed by atoms with Crippen molar-refractivity contribution < 1.29 is 160 Å². The molecule has 23 heteroatoms. The number of rotatable bonds is 13. The van der Waals surface area contributed by atoms with Gasteiger partial charge in [0.1, 0.15) is 17.1 Å². The van der Waals surface area contributed by atoms with Crippen LogP contribution >= 0.6 is 11.6 Å².